The second-order valence-electron chi connectivity index (χ2n) is 4.39. The van der Waals surface area contributed by atoms with E-state index in [1.165, 1.54) is 30.6 Å². The molecule has 0 aliphatic heterocycles. The van der Waals surface area contributed by atoms with Crippen LogP contribution in [0.1, 0.15) is 16.5 Å². The van der Waals surface area contributed by atoms with Crippen LogP contribution in [0.25, 0.3) is 0 Å². The molecule has 2 rings (SSSR count). The maximum absolute atomic E-state index is 13.4. The van der Waals surface area contributed by atoms with E-state index in [9.17, 15) is 9.18 Å². The monoisotopic (exact) mass is 391 g/mol. The second kappa shape index (κ2) is 6.77. The minimum absolute atomic E-state index is 0.369. The van der Waals surface area contributed by atoms with Crippen molar-refractivity contribution in [1.82, 2.24) is 0 Å². The van der Waals surface area contributed by atoms with Crippen molar-refractivity contribution in [1.29, 1.82) is 0 Å². The molecule has 1 atom stereocenters. The van der Waals surface area contributed by atoms with Crippen molar-refractivity contribution in [3.63, 3.8) is 0 Å². The van der Waals surface area contributed by atoms with Crippen molar-refractivity contribution in [3.8, 4) is 0 Å². The molecule has 0 fully saturated rings. The summed E-state index contributed by atoms with van der Waals surface area (Å²) >= 11 is 10.6. The van der Waals surface area contributed by atoms with Crippen LogP contribution in [0.5, 0.6) is 0 Å². The van der Waals surface area contributed by atoms with Gasteiger partial charge in [-0.15, -0.1) is 11.3 Å². The van der Waals surface area contributed by atoms with E-state index in [1.807, 2.05) is 0 Å². The lowest BCUT2D eigenvalue weighted by molar-refractivity contribution is -0.141. The van der Waals surface area contributed by atoms with Crippen molar-refractivity contribution in [2.75, 3.05) is 12.4 Å². The average molecular weight is 393 g/mol. The van der Waals surface area contributed by atoms with Crippen molar-refractivity contribution in [2.45, 2.75) is 13.0 Å². The molecule has 7 heteroatoms. The highest BCUT2D eigenvalue weighted by molar-refractivity contribution is 9.10. The smallest absolute Gasteiger partial charge is 0.333 e. The number of halogens is 3. The zero-order valence-corrected chi connectivity index (χ0v) is 14.4. The van der Waals surface area contributed by atoms with E-state index < -0.39 is 12.0 Å². The molecule has 1 heterocycles. The van der Waals surface area contributed by atoms with Crippen LogP contribution in [0.15, 0.2) is 28.7 Å². The number of carbonyl (C=O) groups excluding carboxylic acids is 1. The molecule has 0 amide bonds. The molecule has 1 unspecified atom stereocenters. The first kappa shape index (κ1) is 16.3. The van der Waals surface area contributed by atoms with Crippen LogP contribution in [0.3, 0.4) is 0 Å². The lowest BCUT2D eigenvalue weighted by Crippen LogP contribution is -2.21. The van der Waals surface area contributed by atoms with Crippen molar-refractivity contribution >= 4 is 50.5 Å². The predicted molar refractivity (Wildman–Crippen MR) is 86.5 cm³/mol. The molecular formula is C14H12BrClFNO2S. The van der Waals surface area contributed by atoms with Gasteiger partial charge in [-0.3, -0.25) is 0 Å². The van der Waals surface area contributed by atoms with Gasteiger partial charge in [-0.25, -0.2) is 9.18 Å². The van der Waals surface area contributed by atoms with E-state index in [2.05, 4.69) is 21.2 Å². The first-order chi connectivity index (χ1) is 9.90. The highest BCUT2D eigenvalue weighted by Gasteiger charge is 2.24. The predicted octanol–water partition coefficient (Wildman–Crippen LogP) is 4.94. The first-order valence-electron chi connectivity index (χ1n) is 5.97. The molecule has 0 bridgehead atoms. The summed E-state index contributed by atoms with van der Waals surface area (Å²) in [7, 11) is 1.30. The van der Waals surface area contributed by atoms with Gasteiger partial charge < -0.3 is 10.1 Å². The Hall–Kier alpha value is -1.11. The molecule has 112 valence electrons. The Morgan fingerprint density at radius 1 is 1.43 bits per heavy atom. The minimum Gasteiger partial charge on any atom is -0.467 e. The average Bonchev–Trinajstić information content (AvgIpc) is 2.74. The molecule has 1 aromatic carbocycles. The zero-order valence-electron chi connectivity index (χ0n) is 11.2. The van der Waals surface area contributed by atoms with E-state index in [-0.39, 0.29) is 5.82 Å². The summed E-state index contributed by atoms with van der Waals surface area (Å²) in [5.74, 6) is -0.839. The van der Waals surface area contributed by atoms with E-state index >= 15 is 0 Å². The first-order valence-corrected chi connectivity index (χ1v) is 7.95. The van der Waals surface area contributed by atoms with Crippen molar-refractivity contribution in [2.24, 2.45) is 0 Å². The van der Waals surface area contributed by atoms with Crippen molar-refractivity contribution in [3.05, 3.63) is 49.3 Å². The molecule has 1 N–H and O–H groups in total. The summed E-state index contributed by atoms with van der Waals surface area (Å²) < 4.78 is 19.5. The summed E-state index contributed by atoms with van der Waals surface area (Å²) in [5.41, 5.74) is 1.26. The topological polar surface area (TPSA) is 38.3 Å². The number of carbonyl (C=O) groups is 1. The van der Waals surface area contributed by atoms with Gasteiger partial charge in [-0.05, 0) is 52.7 Å². The van der Waals surface area contributed by atoms with Crippen LogP contribution in [-0.4, -0.2) is 13.1 Å². The summed E-state index contributed by atoms with van der Waals surface area (Å²) in [4.78, 5) is 12.7. The summed E-state index contributed by atoms with van der Waals surface area (Å²) in [5, 5.41) is 2.98. The molecule has 0 aliphatic carbocycles. The molecule has 0 radical (unpaired) electrons. The number of nitrogens with one attached hydrogen (secondary N) is 1. The van der Waals surface area contributed by atoms with Gasteiger partial charge in [0, 0.05) is 15.0 Å². The quantitative estimate of drug-likeness (QED) is 0.749. The maximum atomic E-state index is 13.4. The molecule has 0 spiro atoms. The lowest BCUT2D eigenvalue weighted by Gasteiger charge is -2.16. The standard InChI is InChI=1S/C14H12BrClFNO2S/c1-7-3-8(17)5-9(4-7)18-12(14(19)20-2)11-6-10(15)13(16)21-11/h3-6,12,18H,1-2H3. The van der Waals surface area contributed by atoms with E-state index in [1.54, 1.807) is 19.1 Å². The fraction of sp³-hybridized carbons (Fsp3) is 0.214. The Morgan fingerprint density at radius 3 is 2.67 bits per heavy atom. The van der Waals surface area contributed by atoms with Gasteiger partial charge in [0.1, 0.15) is 10.2 Å². The fourth-order valence-electron chi connectivity index (χ4n) is 1.86. The highest BCUT2D eigenvalue weighted by atomic mass is 79.9. The Kier molecular flexibility index (Phi) is 5.24. The molecule has 1 aromatic heterocycles. The number of ether oxygens (including phenoxy) is 1. The SMILES string of the molecule is COC(=O)C(Nc1cc(C)cc(F)c1)c1cc(Br)c(Cl)s1. The Bertz CT molecular complexity index is 637. The molecule has 21 heavy (non-hydrogen) atoms. The fourth-order valence-corrected chi connectivity index (χ4v) is 3.63. The third kappa shape index (κ3) is 3.96. The van der Waals surface area contributed by atoms with Crippen LogP contribution in [0.2, 0.25) is 4.34 Å². The third-order valence-corrected chi connectivity index (χ3v) is 5.28. The van der Waals surface area contributed by atoms with Crippen molar-refractivity contribution < 1.29 is 13.9 Å². The molecular weight excluding hydrogens is 381 g/mol. The number of hydrogen-bond acceptors (Lipinski definition) is 4. The van der Waals surface area contributed by atoms with Gasteiger partial charge >= 0.3 is 5.97 Å². The lowest BCUT2D eigenvalue weighted by atomic mass is 10.2. The van der Waals surface area contributed by atoms with Crippen LogP contribution >= 0.6 is 38.9 Å². The number of anilines is 1. The Morgan fingerprint density at radius 2 is 2.14 bits per heavy atom. The van der Waals surface area contributed by atoms with Crippen LogP contribution in [-0.2, 0) is 9.53 Å². The zero-order chi connectivity index (χ0) is 15.6. The van der Waals surface area contributed by atoms with E-state index in [4.69, 9.17) is 16.3 Å². The van der Waals surface area contributed by atoms with Gasteiger partial charge in [-0.1, -0.05) is 11.6 Å². The summed E-state index contributed by atoms with van der Waals surface area (Å²) in [6.45, 7) is 1.78. The maximum Gasteiger partial charge on any atom is 0.333 e. The highest BCUT2D eigenvalue weighted by Crippen LogP contribution is 2.36. The largest absolute Gasteiger partial charge is 0.467 e. The molecule has 0 saturated carbocycles. The Balaban J connectivity index is 2.34. The molecule has 0 aliphatic rings. The number of esters is 1. The van der Waals surface area contributed by atoms with E-state index in [0.29, 0.717) is 19.4 Å². The molecule has 0 saturated heterocycles. The molecule has 3 nitrogen and oxygen atoms in total. The Labute approximate surface area is 139 Å². The third-order valence-electron chi connectivity index (χ3n) is 2.74. The van der Waals surface area contributed by atoms with Gasteiger partial charge in [-0.2, -0.15) is 0 Å². The van der Waals surface area contributed by atoms with Gasteiger partial charge in [0.25, 0.3) is 0 Å². The molecule has 2 aromatic rings. The van der Waals surface area contributed by atoms with Crippen LogP contribution in [0, 0.1) is 12.7 Å². The minimum atomic E-state index is -0.745. The number of benzene rings is 1. The summed E-state index contributed by atoms with van der Waals surface area (Å²) in [6.07, 6.45) is 0. The number of methoxy groups -OCH3 is 1. The second-order valence-corrected chi connectivity index (χ2v) is 6.93. The number of hydrogen-bond donors (Lipinski definition) is 1. The van der Waals surface area contributed by atoms with E-state index in [0.717, 1.165) is 5.56 Å². The van der Waals surface area contributed by atoms with Gasteiger partial charge in [0.2, 0.25) is 0 Å². The summed E-state index contributed by atoms with van der Waals surface area (Å²) in [6, 6.07) is 5.49. The number of rotatable bonds is 4. The van der Waals surface area contributed by atoms with Gasteiger partial charge in [0.05, 0.1) is 7.11 Å². The van der Waals surface area contributed by atoms with Gasteiger partial charge in [0.15, 0.2) is 6.04 Å². The number of aryl methyl sites for hydroxylation is 1. The van der Waals surface area contributed by atoms with Crippen LogP contribution < -0.4 is 5.32 Å². The number of thiophene rings is 1. The van der Waals surface area contributed by atoms with Crippen LogP contribution in [0.4, 0.5) is 10.1 Å². The normalized spacial score (nSPS) is 12.0.